The van der Waals surface area contributed by atoms with Gasteiger partial charge in [-0.15, -0.1) is 0 Å². The summed E-state index contributed by atoms with van der Waals surface area (Å²) in [5.41, 5.74) is 0.599. The van der Waals surface area contributed by atoms with Crippen LogP contribution < -0.4 is 16.0 Å². The van der Waals surface area contributed by atoms with E-state index in [1.165, 1.54) is 40.7 Å². The fraction of sp³-hybridized carbons (Fsp3) is 0.537. The van der Waals surface area contributed by atoms with Crippen LogP contribution in [0.1, 0.15) is 56.7 Å². The van der Waals surface area contributed by atoms with Gasteiger partial charge in [-0.05, 0) is 80.8 Å². The minimum atomic E-state index is -1.68. The van der Waals surface area contributed by atoms with Crippen LogP contribution in [0.5, 0.6) is 0 Å². The van der Waals surface area contributed by atoms with Crippen LogP contribution in [0.3, 0.4) is 0 Å². The number of ether oxygens (including phenoxy) is 2. The van der Waals surface area contributed by atoms with E-state index in [9.17, 15) is 46.7 Å². The van der Waals surface area contributed by atoms with E-state index in [-0.39, 0.29) is 62.7 Å². The predicted molar refractivity (Wildman–Crippen MR) is 202 cm³/mol. The molecule has 0 aliphatic carbocycles. The summed E-state index contributed by atoms with van der Waals surface area (Å²) in [7, 11) is 0. The Morgan fingerprint density at radius 2 is 1.59 bits per heavy atom. The van der Waals surface area contributed by atoms with Crippen molar-refractivity contribution in [2.45, 2.75) is 102 Å². The Hall–Kier alpha value is -5.52. The molecule has 4 aliphatic rings. The molecule has 2 aromatic rings. The molecule has 2 aromatic carbocycles. The van der Waals surface area contributed by atoms with Gasteiger partial charge in [-0.1, -0.05) is 19.1 Å². The Bertz CT molecular complexity index is 1980. The Morgan fingerprint density at radius 3 is 2.31 bits per heavy atom. The van der Waals surface area contributed by atoms with Crippen LogP contribution in [-0.4, -0.2) is 131 Å². The molecule has 0 spiro atoms. The molecule has 18 heteroatoms. The molecule has 0 bridgehead atoms. The maximum absolute atomic E-state index is 14.7. The van der Waals surface area contributed by atoms with E-state index < -0.39 is 114 Å². The molecule has 59 heavy (non-hydrogen) atoms. The first kappa shape index (κ1) is 43.1. The summed E-state index contributed by atoms with van der Waals surface area (Å²) in [6.45, 7) is 6.53. The first-order valence-electron chi connectivity index (χ1n) is 19.8. The monoisotopic (exact) mass is 826 g/mol. The van der Waals surface area contributed by atoms with Crippen molar-refractivity contribution in [1.29, 1.82) is 0 Å². The Labute approximate surface area is 339 Å². The second kappa shape index (κ2) is 18.2. The largest absolute Gasteiger partial charge is 0.458 e. The summed E-state index contributed by atoms with van der Waals surface area (Å²) in [4.78, 5) is 102. The van der Waals surface area contributed by atoms with Gasteiger partial charge in [-0.2, -0.15) is 0 Å². The minimum absolute atomic E-state index is 0.0187. The Morgan fingerprint density at radius 1 is 0.881 bits per heavy atom. The normalized spacial score (nSPS) is 27.3. The highest BCUT2D eigenvalue weighted by atomic mass is 19.1. The topological polar surface area (TPSA) is 184 Å². The zero-order valence-electron chi connectivity index (χ0n) is 33.3. The lowest BCUT2D eigenvalue weighted by molar-refractivity contribution is -0.164. The molecule has 8 atom stereocenters. The number of hydrogen-bond acceptors (Lipinski definition) is 9. The molecule has 4 aliphatic heterocycles. The number of hydrogen-bond donors (Lipinski definition) is 3. The van der Waals surface area contributed by atoms with Crippen molar-refractivity contribution in [3.8, 4) is 0 Å². The van der Waals surface area contributed by atoms with Crippen LogP contribution >= 0.6 is 0 Å². The summed E-state index contributed by atoms with van der Waals surface area (Å²) >= 11 is 0. The third-order valence-corrected chi connectivity index (χ3v) is 11.2. The van der Waals surface area contributed by atoms with E-state index in [2.05, 4.69) is 16.0 Å². The highest BCUT2D eigenvalue weighted by molar-refractivity contribution is 5.98. The first-order valence-corrected chi connectivity index (χ1v) is 19.8. The standard InChI is InChI=1S/C41H49F3N6O9/c1-21-7-8-26(29(44)12-21)17-34(51)46-30(16-25-14-27(42)18-28(43)15-25)36(52)47-35-24(4)59-41(57)32-13-22(2)19-50(32)38(54)23(3)45-37(53)33-20-58-11-10-49(33)39(55)31-6-5-9-48(31)40(35)56/h7-8,12,14-15,18,22-24,30-33,35H,5-6,9-11,13,16-17,19-20H2,1-4H3,(H,45,53)(H,46,51)(H,47,52)/t22-,23+,24+,30+,31+,32+,33+,35+/m1/s1. The molecular weight excluding hydrogens is 777 g/mol. The van der Waals surface area contributed by atoms with Crippen LogP contribution in [0.25, 0.3) is 0 Å². The highest BCUT2D eigenvalue weighted by Gasteiger charge is 2.47. The molecule has 15 nitrogen and oxygen atoms in total. The average Bonchev–Trinajstić information content (AvgIpc) is 3.83. The zero-order valence-corrected chi connectivity index (χ0v) is 33.3. The summed E-state index contributed by atoms with van der Waals surface area (Å²) < 4.78 is 54.8. The second-order valence-electron chi connectivity index (χ2n) is 15.9. The summed E-state index contributed by atoms with van der Waals surface area (Å²) in [6, 6.07) is -0.890. The number of rotatable bonds is 7. The molecule has 0 aromatic heterocycles. The fourth-order valence-electron chi connectivity index (χ4n) is 8.23. The summed E-state index contributed by atoms with van der Waals surface area (Å²) in [6.07, 6.45) is -1.62. The SMILES string of the molecule is Cc1ccc(CC(=O)N[C@@H](Cc2cc(F)cc(F)c2)C(=O)N[C@@H]2C(=O)N3CCC[C@H]3C(=O)N3CCOC[C@H]3C(=O)N[C@@H](C)C(=O)N3C[C@H](C)C[C@H]3C(=O)O[C@H]2C)c(F)c1. The van der Waals surface area contributed by atoms with Gasteiger partial charge >= 0.3 is 5.97 Å². The molecule has 0 unspecified atom stereocenters. The lowest BCUT2D eigenvalue weighted by Crippen LogP contribution is -2.64. The van der Waals surface area contributed by atoms with Gasteiger partial charge in [0.15, 0.2) is 0 Å². The van der Waals surface area contributed by atoms with E-state index in [1.54, 1.807) is 13.0 Å². The number of halogens is 3. The van der Waals surface area contributed by atoms with E-state index >= 15 is 0 Å². The first-order chi connectivity index (χ1) is 28.0. The highest BCUT2D eigenvalue weighted by Crippen LogP contribution is 2.28. The van der Waals surface area contributed by atoms with Crippen LogP contribution in [0.15, 0.2) is 36.4 Å². The van der Waals surface area contributed by atoms with Crippen molar-refractivity contribution in [3.63, 3.8) is 0 Å². The maximum Gasteiger partial charge on any atom is 0.329 e. The van der Waals surface area contributed by atoms with Crippen LogP contribution in [0.4, 0.5) is 13.2 Å². The quantitative estimate of drug-likeness (QED) is 0.344. The van der Waals surface area contributed by atoms with Gasteiger partial charge in [0.05, 0.1) is 19.6 Å². The van der Waals surface area contributed by atoms with Gasteiger partial charge < -0.3 is 40.1 Å². The van der Waals surface area contributed by atoms with Crippen molar-refractivity contribution < 1.29 is 56.2 Å². The number of morpholine rings is 1. The van der Waals surface area contributed by atoms with E-state index in [4.69, 9.17) is 9.47 Å². The number of fused-ring (bicyclic) bond motifs is 3. The molecule has 318 valence electrons. The molecular formula is C41H49F3N6O9. The van der Waals surface area contributed by atoms with Crippen molar-refractivity contribution in [1.82, 2.24) is 30.7 Å². The Balaban J connectivity index is 1.34. The third kappa shape index (κ3) is 9.86. The third-order valence-electron chi connectivity index (χ3n) is 11.2. The number of carbonyl (C=O) groups is 7. The van der Waals surface area contributed by atoms with Crippen molar-refractivity contribution in [2.24, 2.45) is 5.92 Å². The zero-order chi connectivity index (χ0) is 42.7. The van der Waals surface area contributed by atoms with Crippen LogP contribution in [0.2, 0.25) is 0 Å². The number of aryl methyl sites for hydroxylation is 1. The van der Waals surface area contributed by atoms with E-state index in [0.29, 0.717) is 18.1 Å². The van der Waals surface area contributed by atoms with Gasteiger partial charge in [-0.25, -0.2) is 18.0 Å². The number of amides is 6. The van der Waals surface area contributed by atoms with Crippen molar-refractivity contribution >= 4 is 41.4 Å². The van der Waals surface area contributed by atoms with E-state index in [1.807, 2.05) is 6.92 Å². The van der Waals surface area contributed by atoms with Crippen molar-refractivity contribution in [3.05, 3.63) is 70.5 Å². The maximum atomic E-state index is 14.7. The molecule has 3 N–H and O–H groups in total. The molecule has 0 saturated carbocycles. The molecule has 0 radical (unpaired) electrons. The number of carbonyl (C=O) groups excluding carboxylic acids is 7. The molecule has 6 amide bonds. The molecule has 6 rings (SSSR count). The number of nitrogens with one attached hydrogen (secondary N) is 3. The lowest BCUT2D eigenvalue weighted by Gasteiger charge is -2.39. The van der Waals surface area contributed by atoms with Gasteiger partial charge in [0, 0.05) is 32.1 Å². The van der Waals surface area contributed by atoms with Crippen molar-refractivity contribution in [2.75, 3.05) is 32.8 Å². The number of esters is 1. The van der Waals surface area contributed by atoms with Crippen LogP contribution in [-0.2, 0) is 55.9 Å². The fourth-order valence-corrected chi connectivity index (χ4v) is 8.23. The molecule has 4 fully saturated rings. The Kier molecular flexibility index (Phi) is 13.3. The van der Waals surface area contributed by atoms with Gasteiger partial charge in [-0.3, -0.25) is 28.8 Å². The van der Waals surface area contributed by atoms with E-state index in [0.717, 1.165) is 12.1 Å². The number of nitrogens with zero attached hydrogens (tertiary/aromatic N) is 3. The van der Waals surface area contributed by atoms with Crippen LogP contribution in [0, 0.1) is 30.3 Å². The molecule has 4 heterocycles. The van der Waals surface area contributed by atoms with Gasteiger partial charge in [0.25, 0.3) is 0 Å². The van der Waals surface area contributed by atoms with Gasteiger partial charge in [0.2, 0.25) is 35.4 Å². The second-order valence-corrected chi connectivity index (χ2v) is 15.9. The summed E-state index contributed by atoms with van der Waals surface area (Å²) in [5, 5.41) is 7.75. The molecule has 4 saturated heterocycles. The lowest BCUT2D eigenvalue weighted by atomic mass is 10.0. The smallest absolute Gasteiger partial charge is 0.329 e. The average molecular weight is 827 g/mol. The minimum Gasteiger partial charge on any atom is -0.458 e. The number of cyclic esters (lactones) is 1. The number of benzene rings is 2. The predicted octanol–water partition coefficient (Wildman–Crippen LogP) is 1.07. The van der Waals surface area contributed by atoms with Gasteiger partial charge in [0.1, 0.15) is 59.8 Å². The summed E-state index contributed by atoms with van der Waals surface area (Å²) in [5.74, 6) is -8.03.